The van der Waals surface area contributed by atoms with Crippen LogP contribution in [0.15, 0.2) is 0 Å². The fraction of sp³-hybridized carbons (Fsp3) is 1.00. The molecule has 0 rings (SSSR count). The lowest BCUT2D eigenvalue weighted by Gasteiger charge is -2.25. The summed E-state index contributed by atoms with van der Waals surface area (Å²) >= 11 is 0. The van der Waals surface area contributed by atoms with Gasteiger partial charge < -0.3 is 14.6 Å². The van der Waals surface area contributed by atoms with Crippen molar-refractivity contribution in [3.63, 3.8) is 0 Å². The zero-order valence-electron chi connectivity index (χ0n) is 12.0. The van der Waals surface area contributed by atoms with Gasteiger partial charge in [-0.15, -0.1) is 0 Å². The molecule has 0 fully saturated rings. The predicted molar refractivity (Wildman–Crippen MR) is 78.1 cm³/mol. The lowest BCUT2D eigenvalue weighted by atomic mass is 10.5. The van der Waals surface area contributed by atoms with E-state index in [4.69, 9.17) is 14.6 Å². The van der Waals surface area contributed by atoms with Crippen molar-refractivity contribution in [2.75, 3.05) is 19.8 Å². The maximum absolute atomic E-state index is 5.63. The standard InChI is InChI=1S/C8H21NO2Si.C3H10Si/c1-4-10-12(3,11-5-2)8-6-7-9;1-4(2)3/h4-9H2,1-3H3;4H,1-3H3. The second kappa shape index (κ2) is 11.8. The van der Waals surface area contributed by atoms with E-state index >= 15 is 0 Å². The van der Waals surface area contributed by atoms with E-state index in [0.29, 0.717) is 0 Å². The van der Waals surface area contributed by atoms with Gasteiger partial charge in [-0.05, 0) is 39.4 Å². The van der Waals surface area contributed by atoms with E-state index in [9.17, 15) is 0 Å². The van der Waals surface area contributed by atoms with Gasteiger partial charge in [0.15, 0.2) is 0 Å². The normalized spacial score (nSPS) is 11.2. The van der Waals surface area contributed by atoms with Gasteiger partial charge in [0.25, 0.3) is 0 Å². The van der Waals surface area contributed by atoms with Crippen LogP contribution < -0.4 is 5.73 Å². The molecular formula is C11H31NO2Si2. The Morgan fingerprint density at radius 2 is 1.44 bits per heavy atom. The molecule has 100 valence electrons. The van der Waals surface area contributed by atoms with Gasteiger partial charge in [0.05, 0.1) is 0 Å². The number of rotatable bonds is 7. The molecular weight excluding hydrogens is 234 g/mol. The van der Waals surface area contributed by atoms with E-state index < -0.39 is 8.56 Å². The monoisotopic (exact) mass is 265 g/mol. The molecule has 0 aliphatic heterocycles. The Bertz CT molecular complexity index is 137. The first-order valence-electron chi connectivity index (χ1n) is 6.39. The van der Waals surface area contributed by atoms with Gasteiger partial charge in [0.1, 0.15) is 0 Å². The average molecular weight is 266 g/mol. The van der Waals surface area contributed by atoms with Crippen molar-refractivity contribution in [3.05, 3.63) is 0 Å². The van der Waals surface area contributed by atoms with Crippen molar-refractivity contribution in [2.45, 2.75) is 52.5 Å². The van der Waals surface area contributed by atoms with Crippen LogP contribution in [0.25, 0.3) is 0 Å². The van der Waals surface area contributed by atoms with Crippen LogP contribution in [-0.4, -0.2) is 37.1 Å². The van der Waals surface area contributed by atoms with Crippen molar-refractivity contribution in [1.29, 1.82) is 0 Å². The summed E-state index contributed by atoms with van der Waals surface area (Å²) < 4.78 is 11.3. The van der Waals surface area contributed by atoms with E-state index in [0.717, 1.165) is 32.2 Å². The molecule has 0 saturated carbocycles. The molecule has 0 aromatic carbocycles. The van der Waals surface area contributed by atoms with E-state index in [2.05, 4.69) is 26.2 Å². The lowest BCUT2D eigenvalue weighted by molar-refractivity contribution is 0.188. The first kappa shape index (κ1) is 18.7. The summed E-state index contributed by atoms with van der Waals surface area (Å²) in [6.07, 6.45) is 1.00. The Balaban J connectivity index is 0. The second-order valence-corrected chi connectivity index (χ2v) is 11.4. The van der Waals surface area contributed by atoms with Crippen molar-refractivity contribution in [1.82, 2.24) is 0 Å². The molecule has 0 bridgehead atoms. The third-order valence-corrected chi connectivity index (χ3v) is 4.79. The number of hydrogen-bond acceptors (Lipinski definition) is 3. The van der Waals surface area contributed by atoms with Crippen LogP contribution in [0.4, 0.5) is 0 Å². The fourth-order valence-electron chi connectivity index (χ4n) is 1.22. The van der Waals surface area contributed by atoms with E-state index in [1.54, 1.807) is 0 Å². The molecule has 0 saturated heterocycles. The minimum atomic E-state index is -1.85. The third-order valence-electron chi connectivity index (χ3n) is 1.73. The number of hydrogen-bond donors (Lipinski definition) is 1. The van der Waals surface area contributed by atoms with Crippen LogP contribution in [0.3, 0.4) is 0 Å². The Morgan fingerprint density at radius 1 is 1.06 bits per heavy atom. The summed E-state index contributed by atoms with van der Waals surface area (Å²) in [5.74, 6) is 0. The summed E-state index contributed by atoms with van der Waals surface area (Å²) in [6.45, 7) is 15.2. The maximum atomic E-state index is 5.63. The quantitative estimate of drug-likeness (QED) is 0.720. The molecule has 16 heavy (non-hydrogen) atoms. The molecule has 0 aliphatic rings. The van der Waals surface area contributed by atoms with Gasteiger partial charge >= 0.3 is 8.56 Å². The minimum Gasteiger partial charge on any atom is -0.395 e. The van der Waals surface area contributed by atoms with Gasteiger partial charge in [0.2, 0.25) is 0 Å². The molecule has 0 heterocycles. The molecule has 3 nitrogen and oxygen atoms in total. The first-order chi connectivity index (χ1) is 7.41. The van der Waals surface area contributed by atoms with Gasteiger partial charge in [-0.2, -0.15) is 0 Å². The highest BCUT2D eigenvalue weighted by Gasteiger charge is 2.29. The predicted octanol–water partition coefficient (Wildman–Crippen LogP) is 2.58. The summed E-state index contributed by atoms with van der Waals surface area (Å²) in [6, 6.07) is 1.01. The highest BCUT2D eigenvalue weighted by atomic mass is 28.4. The van der Waals surface area contributed by atoms with E-state index in [1.165, 1.54) is 0 Å². The van der Waals surface area contributed by atoms with Crippen LogP contribution in [-0.2, 0) is 8.85 Å². The largest absolute Gasteiger partial charge is 0.395 e. The van der Waals surface area contributed by atoms with Crippen molar-refractivity contribution in [2.24, 2.45) is 5.73 Å². The van der Waals surface area contributed by atoms with E-state index in [-0.39, 0.29) is 8.80 Å². The van der Waals surface area contributed by atoms with E-state index in [1.807, 2.05) is 13.8 Å². The molecule has 0 radical (unpaired) electrons. The topological polar surface area (TPSA) is 44.5 Å². The highest BCUT2D eigenvalue weighted by molar-refractivity contribution is 6.66. The van der Waals surface area contributed by atoms with Gasteiger partial charge in [0, 0.05) is 22.0 Å². The Kier molecular flexibility index (Phi) is 13.8. The molecule has 0 aliphatic carbocycles. The smallest absolute Gasteiger partial charge is 0.334 e. The summed E-state index contributed by atoms with van der Waals surface area (Å²) in [5.41, 5.74) is 5.44. The summed E-state index contributed by atoms with van der Waals surface area (Å²) in [5, 5.41) is 0. The third kappa shape index (κ3) is 14.3. The zero-order chi connectivity index (χ0) is 13.0. The first-order valence-corrected chi connectivity index (χ1v) is 12.4. The van der Waals surface area contributed by atoms with Crippen LogP contribution in [0.1, 0.15) is 20.3 Å². The molecule has 0 atom stereocenters. The molecule has 0 aromatic rings. The Labute approximate surface area is 105 Å². The van der Waals surface area contributed by atoms with Crippen LogP contribution >= 0.6 is 0 Å². The summed E-state index contributed by atoms with van der Waals surface area (Å²) in [4.78, 5) is 0. The zero-order valence-corrected chi connectivity index (χ0v) is 14.2. The van der Waals surface area contributed by atoms with Gasteiger partial charge in [-0.25, -0.2) is 0 Å². The van der Waals surface area contributed by atoms with Crippen molar-refractivity contribution < 1.29 is 8.85 Å². The van der Waals surface area contributed by atoms with Crippen molar-refractivity contribution >= 4 is 17.4 Å². The molecule has 0 aromatic heterocycles. The van der Waals surface area contributed by atoms with Crippen LogP contribution in [0.5, 0.6) is 0 Å². The minimum absolute atomic E-state index is 0.139. The van der Waals surface area contributed by atoms with Crippen molar-refractivity contribution in [3.8, 4) is 0 Å². The molecule has 0 spiro atoms. The Hall–Kier alpha value is 0.314. The Morgan fingerprint density at radius 3 is 1.69 bits per heavy atom. The van der Waals surface area contributed by atoms with Gasteiger partial charge in [-0.1, -0.05) is 19.6 Å². The number of nitrogens with two attached hydrogens (primary N) is 1. The maximum Gasteiger partial charge on any atom is 0.334 e. The average Bonchev–Trinajstić information content (AvgIpc) is 2.15. The fourth-order valence-corrected chi connectivity index (χ4v) is 3.66. The lowest BCUT2D eigenvalue weighted by Crippen LogP contribution is -2.39. The molecule has 0 unspecified atom stereocenters. The summed E-state index contributed by atoms with van der Waals surface area (Å²) in [7, 11) is -1.99. The highest BCUT2D eigenvalue weighted by Crippen LogP contribution is 2.14. The SMILES string of the molecule is CCO[Si](C)(CCCN)OCC.C[SiH](C)C. The molecule has 5 heteroatoms. The van der Waals surface area contributed by atoms with Crippen LogP contribution in [0, 0.1) is 0 Å². The van der Waals surface area contributed by atoms with Crippen LogP contribution in [0.2, 0.25) is 32.2 Å². The molecule has 2 N–H and O–H groups in total. The molecule has 0 amide bonds. The second-order valence-electron chi connectivity index (χ2n) is 4.62. The van der Waals surface area contributed by atoms with Gasteiger partial charge in [-0.3, -0.25) is 0 Å².